The summed E-state index contributed by atoms with van der Waals surface area (Å²) < 4.78 is 27.2. The van der Waals surface area contributed by atoms with Crippen LogP contribution >= 0.6 is 7.82 Å². The summed E-state index contributed by atoms with van der Waals surface area (Å²) >= 11 is 0. The van der Waals surface area contributed by atoms with Crippen molar-refractivity contribution in [2.24, 2.45) is 0 Å². The third kappa shape index (κ3) is 5.71. The molecule has 8 heteroatoms. The van der Waals surface area contributed by atoms with Crippen LogP contribution in [0.25, 0.3) is 0 Å². The van der Waals surface area contributed by atoms with Crippen LogP contribution in [0.4, 0.5) is 0 Å². The van der Waals surface area contributed by atoms with Crippen LogP contribution in [0.5, 0.6) is 17.2 Å². The number of carbonyl (C=O) groups is 1. The number of ether oxygens (including phenoxy) is 1. The van der Waals surface area contributed by atoms with Crippen molar-refractivity contribution in [2.75, 3.05) is 7.11 Å². The first-order chi connectivity index (χ1) is 13.0. The van der Waals surface area contributed by atoms with Gasteiger partial charge >= 0.3 is 37.4 Å². The molecule has 3 aromatic carbocycles. The van der Waals surface area contributed by atoms with E-state index in [1.165, 1.54) is 37.4 Å². The minimum atomic E-state index is -4.65. The van der Waals surface area contributed by atoms with Crippen molar-refractivity contribution in [2.45, 2.75) is 0 Å². The summed E-state index contributed by atoms with van der Waals surface area (Å²) in [7, 11) is -3.27. The second-order valence-corrected chi connectivity index (χ2v) is 6.76. The van der Waals surface area contributed by atoms with Gasteiger partial charge in [-0.15, -0.1) is 0 Å². The quantitative estimate of drug-likeness (QED) is 0.329. The molecule has 28 heavy (non-hydrogen) atoms. The number of rotatable bonds is 7. The van der Waals surface area contributed by atoms with Gasteiger partial charge in [0.2, 0.25) is 0 Å². The molecule has 138 valence electrons. The van der Waals surface area contributed by atoms with Gasteiger partial charge < -0.3 is 18.7 Å². The van der Waals surface area contributed by atoms with Gasteiger partial charge in [0.05, 0.1) is 12.7 Å². The molecule has 0 saturated heterocycles. The number of methoxy groups -OCH3 is 1. The fourth-order valence-electron chi connectivity index (χ4n) is 2.42. The van der Waals surface area contributed by atoms with Gasteiger partial charge in [-0.25, -0.2) is 4.57 Å². The van der Waals surface area contributed by atoms with Crippen molar-refractivity contribution in [1.82, 2.24) is 0 Å². The Balaban J connectivity index is 0.00000280. The predicted octanol–water partition coefficient (Wildman–Crippen LogP) is 0.856. The number of para-hydroxylation sites is 1. The van der Waals surface area contributed by atoms with Crippen molar-refractivity contribution < 1.29 is 57.6 Å². The molecule has 0 fully saturated rings. The van der Waals surface area contributed by atoms with Crippen LogP contribution in [0, 0.1) is 0 Å². The van der Waals surface area contributed by atoms with E-state index in [9.17, 15) is 14.3 Å². The van der Waals surface area contributed by atoms with Gasteiger partial charge in [0.1, 0.15) is 17.2 Å². The maximum absolute atomic E-state index is 12.6. The van der Waals surface area contributed by atoms with Crippen LogP contribution in [-0.2, 0) is 4.57 Å². The van der Waals surface area contributed by atoms with E-state index in [2.05, 4.69) is 0 Å². The maximum Gasteiger partial charge on any atom is 1.00 e. The smallest absolute Gasteiger partial charge is 0.736 e. The van der Waals surface area contributed by atoms with E-state index in [1.807, 2.05) is 6.07 Å². The molecule has 6 nitrogen and oxygen atoms in total. The third-order valence-corrected chi connectivity index (χ3v) is 4.50. The second-order valence-electron chi connectivity index (χ2n) is 5.50. The van der Waals surface area contributed by atoms with Crippen molar-refractivity contribution in [3.63, 3.8) is 0 Å². The Morgan fingerprint density at radius 3 is 2.04 bits per heavy atom. The van der Waals surface area contributed by atoms with Gasteiger partial charge in [0, 0.05) is 11.6 Å². The van der Waals surface area contributed by atoms with E-state index in [1.54, 1.807) is 42.5 Å². The topological polar surface area (TPSA) is 84.9 Å². The van der Waals surface area contributed by atoms with Crippen LogP contribution < -0.4 is 48.2 Å². The number of carbonyl (C=O) groups excluding carboxylic acids is 1. The normalized spacial score (nSPS) is 12.2. The molecule has 1 atom stereocenters. The average molecular weight is 406 g/mol. The first kappa shape index (κ1) is 22.2. The number of ketones is 1. The molecular weight excluding hydrogens is 390 g/mol. The monoisotopic (exact) mass is 406 g/mol. The van der Waals surface area contributed by atoms with E-state index in [0.29, 0.717) is 11.1 Å². The molecule has 3 aromatic rings. The number of hydrogen-bond acceptors (Lipinski definition) is 6. The molecule has 0 N–H and O–H groups in total. The summed E-state index contributed by atoms with van der Waals surface area (Å²) in [4.78, 5) is 24.7. The number of hydrogen-bond donors (Lipinski definition) is 0. The molecule has 3 rings (SSSR count). The summed E-state index contributed by atoms with van der Waals surface area (Å²) in [6.45, 7) is 0. The third-order valence-electron chi connectivity index (χ3n) is 3.63. The van der Waals surface area contributed by atoms with Crippen molar-refractivity contribution in [1.29, 1.82) is 0 Å². The van der Waals surface area contributed by atoms with Crippen LogP contribution in [0.15, 0.2) is 78.9 Å². The average Bonchev–Trinajstić information content (AvgIpc) is 2.68. The summed E-state index contributed by atoms with van der Waals surface area (Å²) in [6, 6.07) is 20.9. The van der Waals surface area contributed by atoms with Gasteiger partial charge in [-0.05, 0) is 24.3 Å². The Labute approximate surface area is 185 Å². The predicted molar refractivity (Wildman–Crippen MR) is 98.2 cm³/mol. The van der Waals surface area contributed by atoms with Crippen LogP contribution in [0.3, 0.4) is 0 Å². The Bertz CT molecular complexity index is 979. The zero-order valence-electron chi connectivity index (χ0n) is 15.4. The van der Waals surface area contributed by atoms with Crippen molar-refractivity contribution in [3.8, 4) is 17.2 Å². The molecule has 0 spiro atoms. The molecule has 0 radical (unpaired) electrons. The molecule has 0 aliphatic heterocycles. The van der Waals surface area contributed by atoms with E-state index in [0.717, 1.165) is 0 Å². The summed E-state index contributed by atoms with van der Waals surface area (Å²) in [5.41, 5.74) is 0.784. The summed E-state index contributed by atoms with van der Waals surface area (Å²) in [5, 5.41) is 0. The van der Waals surface area contributed by atoms with Crippen LogP contribution in [0.1, 0.15) is 15.9 Å². The largest absolute Gasteiger partial charge is 1.00 e. The SMILES string of the molecule is COc1cc(OP(=O)([O-])Oc2ccccc2)ccc1C(=O)c1ccccc1.[Na+]. The number of benzene rings is 3. The van der Waals surface area contributed by atoms with E-state index in [-0.39, 0.29) is 52.6 Å². The molecule has 0 heterocycles. The van der Waals surface area contributed by atoms with Crippen LogP contribution in [0.2, 0.25) is 0 Å². The van der Waals surface area contributed by atoms with Gasteiger partial charge in [-0.3, -0.25) is 4.79 Å². The molecule has 0 aliphatic rings. The fourth-order valence-corrected chi connectivity index (χ4v) is 3.21. The van der Waals surface area contributed by atoms with Gasteiger partial charge in [-0.1, -0.05) is 48.5 Å². The first-order valence-corrected chi connectivity index (χ1v) is 9.48. The second kappa shape index (κ2) is 9.92. The zero-order chi connectivity index (χ0) is 19.3. The molecule has 0 saturated carbocycles. The van der Waals surface area contributed by atoms with Crippen molar-refractivity contribution in [3.05, 3.63) is 90.0 Å². The molecule has 1 unspecified atom stereocenters. The Kier molecular flexibility index (Phi) is 7.87. The standard InChI is InChI=1S/C20H17O6P.Na/c1-24-19-14-17(26-27(22,23)25-16-10-6-3-7-11-16)12-13-18(19)20(21)15-8-4-2-5-9-15;/h2-14H,1H3,(H,22,23);/q;+1/p-1. The molecule has 0 aromatic heterocycles. The molecular formula is C20H16NaO6P. The Morgan fingerprint density at radius 1 is 0.857 bits per heavy atom. The van der Waals surface area contributed by atoms with E-state index >= 15 is 0 Å². The molecule has 0 bridgehead atoms. The molecule has 0 aliphatic carbocycles. The zero-order valence-corrected chi connectivity index (χ0v) is 18.3. The Morgan fingerprint density at radius 2 is 1.43 bits per heavy atom. The van der Waals surface area contributed by atoms with E-state index in [4.69, 9.17) is 13.8 Å². The summed E-state index contributed by atoms with van der Waals surface area (Å²) in [5.74, 6) is 0.0651. The minimum Gasteiger partial charge on any atom is -0.736 e. The van der Waals surface area contributed by atoms with Crippen molar-refractivity contribution >= 4 is 13.6 Å². The van der Waals surface area contributed by atoms with Gasteiger partial charge in [0.15, 0.2) is 5.78 Å². The summed E-state index contributed by atoms with van der Waals surface area (Å²) in [6.07, 6.45) is 0. The van der Waals surface area contributed by atoms with Crippen LogP contribution in [-0.4, -0.2) is 12.9 Å². The number of phosphoric acid groups is 1. The maximum atomic E-state index is 12.6. The first-order valence-electron chi connectivity index (χ1n) is 8.01. The van der Waals surface area contributed by atoms with Gasteiger partial charge in [-0.2, -0.15) is 0 Å². The Hall–Kier alpha value is -2.08. The fraction of sp³-hybridized carbons (Fsp3) is 0.0500. The molecule has 0 amide bonds. The van der Waals surface area contributed by atoms with Gasteiger partial charge in [0.25, 0.3) is 0 Å². The minimum absolute atomic E-state index is 0. The number of phosphoric ester groups is 1. The van der Waals surface area contributed by atoms with E-state index < -0.39 is 7.82 Å².